The summed E-state index contributed by atoms with van der Waals surface area (Å²) >= 11 is 0. The molecule has 0 saturated heterocycles. The van der Waals surface area contributed by atoms with Gasteiger partial charge in [-0.25, -0.2) is 0 Å². The third kappa shape index (κ3) is 51.7. The lowest BCUT2D eigenvalue weighted by Crippen LogP contribution is -2.30. The summed E-state index contributed by atoms with van der Waals surface area (Å²) in [5.41, 5.74) is 0. The molecule has 0 rings (SSSR count). The van der Waals surface area contributed by atoms with Crippen LogP contribution in [-0.2, 0) is 28.6 Å². The molecule has 0 spiro atoms. The third-order valence-corrected chi connectivity index (χ3v) is 11.7. The summed E-state index contributed by atoms with van der Waals surface area (Å²) in [6.07, 6.45) is 68.1. The third-order valence-electron chi connectivity index (χ3n) is 11.7. The Labute approximate surface area is 402 Å². The molecular weight excluding hydrogens is 805 g/mol. The van der Waals surface area contributed by atoms with Gasteiger partial charge in [0.1, 0.15) is 13.2 Å². The number of carbonyl (C=O) groups is 3. The summed E-state index contributed by atoms with van der Waals surface area (Å²) in [5.74, 6) is -0.883. The van der Waals surface area contributed by atoms with E-state index in [4.69, 9.17) is 14.2 Å². The monoisotopic (exact) mass is 907 g/mol. The highest BCUT2D eigenvalue weighted by atomic mass is 16.6. The van der Waals surface area contributed by atoms with Crippen LogP contribution in [0.5, 0.6) is 0 Å². The molecule has 0 aliphatic carbocycles. The number of hydrogen-bond donors (Lipinski definition) is 0. The van der Waals surface area contributed by atoms with Gasteiger partial charge in [0.05, 0.1) is 0 Å². The van der Waals surface area contributed by atoms with Crippen molar-refractivity contribution in [3.63, 3.8) is 0 Å². The van der Waals surface area contributed by atoms with Crippen LogP contribution in [0.15, 0.2) is 72.9 Å². The zero-order chi connectivity index (χ0) is 47.2. The van der Waals surface area contributed by atoms with E-state index in [0.29, 0.717) is 19.3 Å². The molecule has 0 radical (unpaired) electrons. The van der Waals surface area contributed by atoms with Crippen molar-refractivity contribution in [2.45, 2.75) is 271 Å². The summed E-state index contributed by atoms with van der Waals surface area (Å²) in [6, 6.07) is 0. The van der Waals surface area contributed by atoms with Crippen LogP contribution in [0.4, 0.5) is 0 Å². The van der Waals surface area contributed by atoms with Crippen LogP contribution in [0.3, 0.4) is 0 Å². The van der Waals surface area contributed by atoms with Gasteiger partial charge in [0.25, 0.3) is 0 Å². The number of allylic oxidation sites excluding steroid dienone is 12. The molecule has 0 saturated carbocycles. The van der Waals surface area contributed by atoms with Crippen LogP contribution in [-0.4, -0.2) is 37.2 Å². The van der Waals surface area contributed by atoms with E-state index in [2.05, 4.69) is 93.7 Å². The standard InChI is InChI=1S/C59H102O6/c1-4-7-10-13-16-18-19-20-21-22-23-24-25-26-27-28-29-30-31-32-33-34-35-36-37-38-39-40-41-42-44-46-49-52-58(61)64-55-56(54-63-57(60)51-48-45-15-12-9-6-3)65-59(62)53-50-47-43-17-14-11-8-5-2/h7,10,16,18,20-21,23-24,26-27,29-30,56H,4-6,8-9,11-15,17,19,22,25,28,31-55H2,1-3H3/b10-7-,18-16-,21-20-,24-23-,27-26-,30-29-. The van der Waals surface area contributed by atoms with Gasteiger partial charge in [0, 0.05) is 19.3 Å². The summed E-state index contributed by atoms with van der Waals surface area (Å²) in [7, 11) is 0. The highest BCUT2D eigenvalue weighted by molar-refractivity contribution is 5.71. The predicted molar refractivity (Wildman–Crippen MR) is 279 cm³/mol. The van der Waals surface area contributed by atoms with Crippen LogP contribution < -0.4 is 0 Å². The minimum absolute atomic E-state index is 0.0720. The van der Waals surface area contributed by atoms with E-state index >= 15 is 0 Å². The highest BCUT2D eigenvalue weighted by Crippen LogP contribution is 2.15. The molecule has 0 aromatic rings. The smallest absolute Gasteiger partial charge is 0.306 e. The number of carbonyl (C=O) groups excluding carboxylic acids is 3. The van der Waals surface area contributed by atoms with Crippen molar-refractivity contribution in [1.82, 2.24) is 0 Å². The van der Waals surface area contributed by atoms with E-state index in [1.54, 1.807) is 0 Å². The normalized spacial score (nSPS) is 12.6. The summed E-state index contributed by atoms with van der Waals surface area (Å²) in [4.78, 5) is 37.6. The second-order valence-corrected chi connectivity index (χ2v) is 18.1. The number of hydrogen-bond acceptors (Lipinski definition) is 6. The Morgan fingerprint density at radius 2 is 0.600 bits per heavy atom. The van der Waals surface area contributed by atoms with E-state index in [-0.39, 0.29) is 31.1 Å². The first-order chi connectivity index (χ1) is 32.0. The minimum atomic E-state index is -0.765. The molecule has 0 aromatic heterocycles. The van der Waals surface area contributed by atoms with E-state index in [9.17, 15) is 14.4 Å². The lowest BCUT2D eigenvalue weighted by molar-refractivity contribution is -0.167. The lowest BCUT2D eigenvalue weighted by atomic mass is 10.0. The predicted octanol–water partition coefficient (Wildman–Crippen LogP) is 18.2. The molecule has 0 aliphatic heterocycles. The van der Waals surface area contributed by atoms with Crippen molar-refractivity contribution in [1.29, 1.82) is 0 Å². The van der Waals surface area contributed by atoms with Crippen LogP contribution in [0.1, 0.15) is 265 Å². The first-order valence-electron chi connectivity index (χ1n) is 27.4. The van der Waals surface area contributed by atoms with Crippen LogP contribution in [0.2, 0.25) is 0 Å². The molecule has 1 atom stereocenters. The van der Waals surface area contributed by atoms with Crippen molar-refractivity contribution in [2.24, 2.45) is 0 Å². The molecule has 1 unspecified atom stereocenters. The largest absolute Gasteiger partial charge is 0.462 e. The van der Waals surface area contributed by atoms with E-state index < -0.39 is 6.10 Å². The van der Waals surface area contributed by atoms with E-state index in [1.165, 1.54) is 128 Å². The van der Waals surface area contributed by atoms with Crippen molar-refractivity contribution >= 4 is 17.9 Å². The Hall–Kier alpha value is -3.15. The Morgan fingerprint density at radius 3 is 0.938 bits per heavy atom. The molecule has 0 fully saturated rings. The zero-order valence-electron chi connectivity index (χ0n) is 42.7. The quantitative estimate of drug-likeness (QED) is 0.0262. The Kier molecular flexibility index (Phi) is 50.9. The Morgan fingerprint density at radius 1 is 0.323 bits per heavy atom. The van der Waals surface area contributed by atoms with Crippen LogP contribution >= 0.6 is 0 Å². The topological polar surface area (TPSA) is 78.9 Å². The molecule has 0 bridgehead atoms. The summed E-state index contributed by atoms with van der Waals surface area (Å²) in [6.45, 7) is 6.43. The Balaban J connectivity index is 3.90. The molecule has 6 heteroatoms. The minimum Gasteiger partial charge on any atom is -0.462 e. The second-order valence-electron chi connectivity index (χ2n) is 18.1. The fourth-order valence-electron chi connectivity index (χ4n) is 7.62. The van der Waals surface area contributed by atoms with Gasteiger partial charge in [-0.05, 0) is 70.6 Å². The lowest BCUT2D eigenvalue weighted by Gasteiger charge is -2.18. The van der Waals surface area contributed by atoms with Crippen molar-refractivity contribution in [3.8, 4) is 0 Å². The maximum atomic E-state index is 12.6. The van der Waals surface area contributed by atoms with Gasteiger partial charge in [-0.1, -0.05) is 248 Å². The number of rotatable bonds is 49. The van der Waals surface area contributed by atoms with Gasteiger partial charge in [-0.3, -0.25) is 14.4 Å². The second kappa shape index (κ2) is 53.5. The summed E-state index contributed by atoms with van der Waals surface area (Å²) in [5, 5.41) is 0. The summed E-state index contributed by atoms with van der Waals surface area (Å²) < 4.78 is 16.6. The highest BCUT2D eigenvalue weighted by Gasteiger charge is 2.19. The molecule has 0 N–H and O–H groups in total. The molecule has 0 amide bonds. The van der Waals surface area contributed by atoms with Crippen LogP contribution in [0.25, 0.3) is 0 Å². The van der Waals surface area contributed by atoms with Gasteiger partial charge in [0.2, 0.25) is 0 Å². The molecule has 6 nitrogen and oxygen atoms in total. The maximum absolute atomic E-state index is 12.6. The van der Waals surface area contributed by atoms with E-state index in [1.807, 2.05) is 0 Å². The maximum Gasteiger partial charge on any atom is 0.306 e. The van der Waals surface area contributed by atoms with Crippen molar-refractivity contribution < 1.29 is 28.6 Å². The van der Waals surface area contributed by atoms with Gasteiger partial charge >= 0.3 is 17.9 Å². The number of ether oxygens (including phenoxy) is 3. The first-order valence-corrected chi connectivity index (χ1v) is 27.4. The molecule has 0 heterocycles. The van der Waals surface area contributed by atoms with Crippen LogP contribution in [0, 0.1) is 0 Å². The SMILES string of the molecule is CC/C=C\C/C=C\C/C=C\C/C=C\C/C=C\C/C=C\CCCCCCCCCCCCCCCCC(=O)OCC(COC(=O)CCCCCCCC)OC(=O)CCCCCCCCCC. The van der Waals surface area contributed by atoms with Gasteiger partial charge in [-0.15, -0.1) is 0 Å². The van der Waals surface area contributed by atoms with Gasteiger partial charge in [-0.2, -0.15) is 0 Å². The average molecular weight is 907 g/mol. The fraction of sp³-hybridized carbons (Fsp3) is 0.746. The molecular formula is C59H102O6. The van der Waals surface area contributed by atoms with Gasteiger partial charge in [0.15, 0.2) is 6.10 Å². The first kappa shape index (κ1) is 61.9. The van der Waals surface area contributed by atoms with Gasteiger partial charge < -0.3 is 14.2 Å². The molecule has 65 heavy (non-hydrogen) atoms. The molecule has 0 aromatic carbocycles. The van der Waals surface area contributed by atoms with Crippen molar-refractivity contribution in [3.05, 3.63) is 72.9 Å². The number of esters is 3. The van der Waals surface area contributed by atoms with Crippen molar-refractivity contribution in [2.75, 3.05) is 13.2 Å². The number of unbranched alkanes of at least 4 members (excludes halogenated alkanes) is 26. The molecule has 0 aliphatic rings. The van der Waals surface area contributed by atoms with E-state index in [0.717, 1.165) is 96.3 Å². The zero-order valence-corrected chi connectivity index (χ0v) is 42.7. The average Bonchev–Trinajstić information content (AvgIpc) is 3.30. The molecule has 374 valence electrons. The fourth-order valence-corrected chi connectivity index (χ4v) is 7.62. The Bertz CT molecular complexity index is 1230.